The van der Waals surface area contributed by atoms with E-state index in [-0.39, 0.29) is 18.3 Å². The fourth-order valence-corrected chi connectivity index (χ4v) is 2.47. The van der Waals surface area contributed by atoms with Gasteiger partial charge in [-0.2, -0.15) is 4.98 Å². The molecule has 7 heteroatoms. The van der Waals surface area contributed by atoms with E-state index in [4.69, 9.17) is 21.4 Å². The minimum Gasteiger partial charge on any atom is -0.481 e. The molecule has 0 aliphatic carbocycles. The Morgan fingerprint density at radius 2 is 2.26 bits per heavy atom. The van der Waals surface area contributed by atoms with Crippen LogP contribution in [-0.4, -0.2) is 41.2 Å². The first-order chi connectivity index (χ1) is 9.10. The van der Waals surface area contributed by atoms with Gasteiger partial charge in [0, 0.05) is 19.5 Å². The lowest BCUT2D eigenvalue weighted by atomic mass is 9.94. The molecule has 0 unspecified atom stereocenters. The van der Waals surface area contributed by atoms with Gasteiger partial charge in [0.1, 0.15) is 5.02 Å². The molecule has 2 heterocycles. The topological polar surface area (TPSA) is 75.5 Å². The normalized spacial score (nSPS) is 16.4. The zero-order chi connectivity index (χ0) is 13.8. The molecule has 6 nitrogen and oxygen atoms in total. The minimum atomic E-state index is -0.736. The summed E-state index contributed by atoms with van der Waals surface area (Å²) in [6.45, 7) is 1.50. The molecule has 0 saturated carbocycles. The van der Waals surface area contributed by atoms with E-state index in [9.17, 15) is 4.79 Å². The molecule has 1 saturated heterocycles. The summed E-state index contributed by atoms with van der Waals surface area (Å²) in [4.78, 5) is 20.9. The van der Waals surface area contributed by atoms with Gasteiger partial charge in [0.2, 0.25) is 0 Å². The van der Waals surface area contributed by atoms with Crippen LogP contribution in [-0.2, 0) is 4.79 Å². The Hall–Kier alpha value is -1.56. The van der Waals surface area contributed by atoms with Crippen LogP contribution in [0.25, 0.3) is 0 Å². The molecule has 0 bridgehead atoms. The van der Waals surface area contributed by atoms with E-state index in [1.807, 2.05) is 4.90 Å². The summed E-state index contributed by atoms with van der Waals surface area (Å²) in [7, 11) is 1.51. The van der Waals surface area contributed by atoms with E-state index in [0.29, 0.717) is 10.8 Å². The van der Waals surface area contributed by atoms with Crippen LogP contribution in [0.15, 0.2) is 6.20 Å². The molecule has 1 aliphatic rings. The van der Waals surface area contributed by atoms with Crippen molar-refractivity contribution in [2.45, 2.75) is 19.3 Å². The van der Waals surface area contributed by atoms with Gasteiger partial charge in [0.05, 0.1) is 13.3 Å². The van der Waals surface area contributed by atoms with Crippen molar-refractivity contribution in [2.24, 2.45) is 5.92 Å². The van der Waals surface area contributed by atoms with Crippen molar-refractivity contribution in [3.05, 3.63) is 11.2 Å². The van der Waals surface area contributed by atoms with Crippen molar-refractivity contribution in [2.75, 3.05) is 25.1 Å². The molecule has 0 amide bonds. The van der Waals surface area contributed by atoms with E-state index in [0.717, 1.165) is 25.9 Å². The first kappa shape index (κ1) is 13.9. The maximum atomic E-state index is 10.7. The van der Waals surface area contributed by atoms with Crippen molar-refractivity contribution < 1.29 is 14.6 Å². The van der Waals surface area contributed by atoms with Crippen LogP contribution in [0, 0.1) is 5.92 Å². The lowest BCUT2D eigenvalue weighted by molar-refractivity contribution is -0.138. The molecule has 0 aromatic carbocycles. The largest absolute Gasteiger partial charge is 0.481 e. The van der Waals surface area contributed by atoms with Gasteiger partial charge in [-0.15, -0.1) is 0 Å². The Bertz CT molecular complexity index is 462. The predicted octanol–water partition coefficient (Wildman–Crippen LogP) is 1.83. The molecule has 19 heavy (non-hydrogen) atoms. The van der Waals surface area contributed by atoms with Crippen molar-refractivity contribution >= 4 is 23.4 Å². The molecule has 1 N–H and O–H groups in total. The van der Waals surface area contributed by atoms with Gasteiger partial charge in [-0.05, 0) is 18.8 Å². The second kappa shape index (κ2) is 6.06. The fourth-order valence-electron chi connectivity index (χ4n) is 2.26. The van der Waals surface area contributed by atoms with Crippen molar-refractivity contribution in [3.63, 3.8) is 0 Å². The monoisotopic (exact) mass is 285 g/mol. The number of rotatable bonds is 4. The average molecular weight is 286 g/mol. The highest BCUT2D eigenvalue weighted by molar-refractivity contribution is 6.32. The zero-order valence-corrected chi connectivity index (χ0v) is 11.4. The van der Waals surface area contributed by atoms with Crippen LogP contribution in [0.5, 0.6) is 6.01 Å². The number of aromatic nitrogens is 2. The smallest absolute Gasteiger partial charge is 0.318 e. The Morgan fingerprint density at radius 3 is 2.84 bits per heavy atom. The number of carboxylic acid groups (broad SMARTS) is 1. The average Bonchev–Trinajstić information content (AvgIpc) is 2.40. The molecule has 0 spiro atoms. The molecule has 1 fully saturated rings. The highest BCUT2D eigenvalue weighted by Crippen LogP contribution is 2.29. The van der Waals surface area contributed by atoms with E-state index in [1.165, 1.54) is 13.3 Å². The number of piperidine rings is 1. The summed E-state index contributed by atoms with van der Waals surface area (Å²) >= 11 is 6.09. The number of nitrogens with zero attached hydrogens (tertiary/aromatic N) is 3. The number of halogens is 1. The van der Waals surface area contributed by atoms with E-state index in [2.05, 4.69) is 9.97 Å². The highest BCUT2D eigenvalue weighted by Gasteiger charge is 2.23. The number of anilines is 1. The standard InChI is InChI=1S/C12H16ClN3O3/c1-19-12-14-7-9(13)11(15-12)16-4-2-8(3-5-16)6-10(17)18/h7-8H,2-6H2,1H3,(H,17,18). The van der Waals surface area contributed by atoms with Gasteiger partial charge in [0.15, 0.2) is 5.82 Å². The summed E-state index contributed by atoms with van der Waals surface area (Å²) in [5.74, 6) is 0.152. The lowest BCUT2D eigenvalue weighted by Gasteiger charge is -2.32. The quantitative estimate of drug-likeness (QED) is 0.909. The third kappa shape index (κ3) is 3.47. The number of aliphatic carboxylic acids is 1. The Kier molecular flexibility index (Phi) is 4.42. The van der Waals surface area contributed by atoms with Crippen LogP contribution in [0.3, 0.4) is 0 Å². The first-order valence-electron chi connectivity index (χ1n) is 6.13. The molecule has 1 aliphatic heterocycles. The summed E-state index contributed by atoms with van der Waals surface area (Å²) in [5, 5.41) is 9.27. The summed E-state index contributed by atoms with van der Waals surface area (Å²) in [6, 6.07) is 0.284. The SMILES string of the molecule is COc1ncc(Cl)c(N2CCC(CC(=O)O)CC2)n1. The number of carbonyl (C=O) groups is 1. The highest BCUT2D eigenvalue weighted by atomic mass is 35.5. The molecule has 0 radical (unpaired) electrons. The third-order valence-corrected chi connectivity index (χ3v) is 3.53. The fraction of sp³-hybridized carbons (Fsp3) is 0.583. The number of hydrogen-bond acceptors (Lipinski definition) is 5. The number of ether oxygens (including phenoxy) is 1. The second-order valence-electron chi connectivity index (χ2n) is 4.56. The maximum Gasteiger partial charge on any atom is 0.318 e. The summed E-state index contributed by atoms with van der Waals surface area (Å²) < 4.78 is 4.99. The molecule has 104 valence electrons. The predicted molar refractivity (Wildman–Crippen MR) is 70.8 cm³/mol. The number of carboxylic acids is 1. The minimum absolute atomic E-state index is 0.231. The first-order valence-corrected chi connectivity index (χ1v) is 6.51. The van der Waals surface area contributed by atoms with Crippen molar-refractivity contribution in [3.8, 4) is 6.01 Å². The van der Waals surface area contributed by atoms with E-state index >= 15 is 0 Å². The van der Waals surface area contributed by atoms with Crippen molar-refractivity contribution in [1.29, 1.82) is 0 Å². The van der Waals surface area contributed by atoms with Crippen LogP contribution >= 0.6 is 11.6 Å². The van der Waals surface area contributed by atoms with Crippen LogP contribution < -0.4 is 9.64 Å². The summed E-state index contributed by atoms with van der Waals surface area (Å²) in [5.41, 5.74) is 0. The van der Waals surface area contributed by atoms with Gasteiger partial charge < -0.3 is 14.7 Å². The van der Waals surface area contributed by atoms with Gasteiger partial charge in [0.25, 0.3) is 0 Å². The van der Waals surface area contributed by atoms with Gasteiger partial charge in [-0.3, -0.25) is 4.79 Å². The Labute approximate surface area is 116 Å². The van der Waals surface area contributed by atoms with Gasteiger partial charge in [-0.1, -0.05) is 11.6 Å². The Balaban J connectivity index is 2.03. The molecule has 2 rings (SSSR count). The zero-order valence-electron chi connectivity index (χ0n) is 10.7. The van der Waals surface area contributed by atoms with Crippen LogP contribution in [0.1, 0.15) is 19.3 Å². The number of methoxy groups -OCH3 is 1. The molecule has 0 atom stereocenters. The summed E-state index contributed by atoms with van der Waals surface area (Å²) in [6.07, 6.45) is 3.41. The molecular formula is C12H16ClN3O3. The Morgan fingerprint density at radius 1 is 1.58 bits per heavy atom. The lowest BCUT2D eigenvalue weighted by Crippen LogP contribution is -2.35. The molecular weight excluding hydrogens is 270 g/mol. The van der Waals surface area contributed by atoms with Crippen LogP contribution in [0.4, 0.5) is 5.82 Å². The molecule has 1 aromatic heterocycles. The van der Waals surface area contributed by atoms with Gasteiger partial charge in [-0.25, -0.2) is 4.98 Å². The second-order valence-corrected chi connectivity index (χ2v) is 4.96. The van der Waals surface area contributed by atoms with E-state index in [1.54, 1.807) is 0 Å². The third-order valence-electron chi connectivity index (χ3n) is 3.26. The number of hydrogen-bond donors (Lipinski definition) is 1. The van der Waals surface area contributed by atoms with Crippen molar-refractivity contribution in [1.82, 2.24) is 9.97 Å². The van der Waals surface area contributed by atoms with E-state index < -0.39 is 5.97 Å². The van der Waals surface area contributed by atoms with Gasteiger partial charge >= 0.3 is 12.0 Å². The molecule has 1 aromatic rings. The van der Waals surface area contributed by atoms with Crippen LogP contribution in [0.2, 0.25) is 5.02 Å². The maximum absolute atomic E-state index is 10.7.